The second-order valence-corrected chi connectivity index (χ2v) is 8.47. The van der Waals surface area contributed by atoms with Gasteiger partial charge in [-0.3, -0.25) is 14.4 Å². The van der Waals surface area contributed by atoms with Crippen LogP contribution in [0.1, 0.15) is 28.4 Å². The van der Waals surface area contributed by atoms with Crippen LogP contribution in [0.25, 0.3) is 11.1 Å². The largest absolute Gasteiger partial charge is 0.367 e. The number of nitrogens with zero attached hydrogens (tertiary/aromatic N) is 2. The summed E-state index contributed by atoms with van der Waals surface area (Å²) in [6, 6.07) is 20.9. The van der Waals surface area contributed by atoms with Crippen molar-refractivity contribution in [2.75, 3.05) is 30.9 Å². The molecular weight excluding hydrogens is 430 g/mol. The molecule has 0 fully saturated rings. The maximum absolute atomic E-state index is 12.8. The Morgan fingerprint density at radius 1 is 0.971 bits per heavy atom. The number of benzene rings is 3. The highest BCUT2D eigenvalue weighted by molar-refractivity contribution is 5.96. The van der Waals surface area contributed by atoms with Gasteiger partial charge in [-0.15, -0.1) is 0 Å². The molecular formula is C27H27N3O4. The molecule has 3 aromatic rings. The van der Waals surface area contributed by atoms with Crippen molar-refractivity contribution in [3.05, 3.63) is 83.4 Å². The minimum atomic E-state index is -0.124. The number of nitrogens with one attached hydrogen (secondary N) is 1. The predicted molar refractivity (Wildman–Crippen MR) is 131 cm³/mol. The van der Waals surface area contributed by atoms with E-state index in [4.69, 9.17) is 4.74 Å². The highest BCUT2D eigenvalue weighted by Gasteiger charge is 2.23. The predicted octanol–water partition coefficient (Wildman–Crippen LogP) is 4.08. The van der Waals surface area contributed by atoms with E-state index in [0.717, 1.165) is 33.6 Å². The molecule has 7 nitrogen and oxygen atoms in total. The summed E-state index contributed by atoms with van der Waals surface area (Å²) >= 11 is 0. The Kier molecular flexibility index (Phi) is 6.75. The van der Waals surface area contributed by atoms with E-state index in [1.807, 2.05) is 54.6 Å². The van der Waals surface area contributed by atoms with Crippen LogP contribution in [0.5, 0.6) is 0 Å². The zero-order valence-corrected chi connectivity index (χ0v) is 19.5. The molecule has 1 aliphatic heterocycles. The van der Waals surface area contributed by atoms with E-state index >= 15 is 0 Å². The summed E-state index contributed by atoms with van der Waals surface area (Å²) in [5.41, 5.74) is 5.89. The number of carbonyl (C=O) groups excluding carboxylic acids is 3. The smallest absolute Gasteiger partial charge is 0.253 e. The molecule has 0 unspecified atom stereocenters. The van der Waals surface area contributed by atoms with Gasteiger partial charge in [-0.05, 0) is 53.1 Å². The summed E-state index contributed by atoms with van der Waals surface area (Å²) in [6.45, 7) is 2.18. The van der Waals surface area contributed by atoms with Crippen molar-refractivity contribution in [3.8, 4) is 11.1 Å². The second kappa shape index (κ2) is 9.89. The molecule has 0 aromatic heterocycles. The highest BCUT2D eigenvalue weighted by atomic mass is 16.5. The maximum Gasteiger partial charge on any atom is 0.253 e. The van der Waals surface area contributed by atoms with Gasteiger partial charge in [0.25, 0.3) is 11.8 Å². The fourth-order valence-electron chi connectivity index (χ4n) is 3.95. The van der Waals surface area contributed by atoms with Crippen LogP contribution in [0.3, 0.4) is 0 Å². The minimum absolute atomic E-state index is 0.000765. The molecule has 1 heterocycles. The lowest BCUT2D eigenvalue weighted by Gasteiger charge is -2.23. The van der Waals surface area contributed by atoms with E-state index < -0.39 is 0 Å². The van der Waals surface area contributed by atoms with Gasteiger partial charge in [-0.25, -0.2) is 0 Å². The average Bonchev–Trinajstić information content (AvgIpc) is 2.97. The Morgan fingerprint density at radius 2 is 1.71 bits per heavy atom. The van der Waals surface area contributed by atoms with Crippen molar-refractivity contribution in [1.82, 2.24) is 4.90 Å². The number of hydrogen-bond donors (Lipinski definition) is 1. The Bertz CT molecular complexity index is 1230. The zero-order chi connectivity index (χ0) is 24.2. The Hall–Kier alpha value is -3.97. The summed E-state index contributed by atoms with van der Waals surface area (Å²) in [5.74, 6) is -0.306. The standard InChI is InChI=1S/C27H27N3O4/c1-18(31)28-24-6-4-5-21(14-24)22-11-12-25-23(13-22)16-34-17-26(32)30(25)15-19-7-9-20(10-8-19)27(33)29(2)3/h4-14H,15-17H2,1-3H3,(H,28,31). The molecule has 7 heteroatoms. The zero-order valence-electron chi connectivity index (χ0n) is 19.5. The summed E-state index contributed by atoms with van der Waals surface area (Å²) in [5, 5.41) is 2.80. The lowest BCUT2D eigenvalue weighted by molar-refractivity contribution is -0.123. The molecule has 1 N–H and O–H groups in total. The van der Waals surface area contributed by atoms with Gasteiger partial charge in [0.15, 0.2) is 0 Å². The van der Waals surface area contributed by atoms with Gasteiger partial charge in [0.05, 0.1) is 13.2 Å². The molecule has 1 aliphatic rings. The van der Waals surface area contributed by atoms with Gasteiger partial charge in [0, 0.05) is 43.5 Å². The quantitative estimate of drug-likeness (QED) is 0.626. The van der Waals surface area contributed by atoms with Gasteiger partial charge in [0.2, 0.25) is 5.91 Å². The maximum atomic E-state index is 12.8. The Morgan fingerprint density at radius 3 is 2.41 bits per heavy atom. The molecule has 0 saturated heterocycles. The van der Waals surface area contributed by atoms with E-state index in [0.29, 0.717) is 18.7 Å². The molecule has 174 valence electrons. The van der Waals surface area contributed by atoms with Gasteiger partial charge < -0.3 is 19.9 Å². The van der Waals surface area contributed by atoms with Crippen LogP contribution in [0.2, 0.25) is 0 Å². The number of amides is 3. The van der Waals surface area contributed by atoms with Crippen LogP contribution in [0.15, 0.2) is 66.7 Å². The first-order valence-electron chi connectivity index (χ1n) is 11.0. The number of ether oxygens (including phenoxy) is 1. The van der Waals surface area contributed by atoms with Crippen molar-refractivity contribution < 1.29 is 19.1 Å². The van der Waals surface area contributed by atoms with Crippen molar-refractivity contribution in [1.29, 1.82) is 0 Å². The third kappa shape index (κ3) is 5.15. The highest BCUT2D eigenvalue weighted by Crippen LogP contribution is 2.32. The van der Waals surface area contributed by atoms with E-state index in [1.165, 1.54) is 11.8 Å². The molecule has 34 heavy (non-hydrogen) atoms. The lowest BCUT2D eigenvalue weighted by Crippen LogP contribution is -2.32. The first kappa shape index (κ1) is 23.2. The van der Waals surface area contributed by atoms with Crippen LogP contribution in [0.4, 0.5) is 11.4 Å². The summed E-state index contributed by atoms with van der Waals surface area (Å²) in [6.07, 6.45) is 0. The Balaban J connectivity index is 1.61. The van der Waals surface area contributed by atoms with Crippen molar-refractivity contribution >= 4 is 29.1 Å². The van der Waals surface area contributed by atoms with Crippen LogP contribution >= 0.6 is 0 Å². The molecule has 0 saturated carbocycles. The van der Waals surface area contributed by atoms with E-state index in [2.05, 4.69) is 5.32 Å². The SMILES string of the molecule is CC(=O)Nc1cccc(-c2ccc3c(c2)COCC(=O)N3Cc2ccc(C(=O)N(C)C)cc2)c1. The first-order valence-corrected chi connectivity index (χ1v) is 11.0. The summed E-state index contributed by atoms with van der Waals surface area (Å²) in [4.78, 5) is 39.7. The van der Waals surface area contributed by atoms with Gasteiger partial charge in [0.1, 0.15) is 6.61 Å². The number of carbonyl (C=O) groups is 3. The number of anilines is 2. The molecule has 3 aromatic carbocycles. The van der Waals surface area contributed by atoms with Crippen molar-refractivity contribution in [3.63, 3.8) is 0 Å². The van der Waals surface area contributed by atoms with E-state index in [1.54, 1.807) is 31.1 Å². The van der Waals surface area contributed by atoms with Gasteiger partial charge in [-0.1, -0.05) is 30.3 Å². The lowest BCUT2D eigenvalue weighted by atomic mass is 10.0. The molecule has 4 rings (SSSR count). The van der Waals surface area contributed by atoms with Gasteiger partial charge in [-0.2, -0.15) is 0 Å². The number of rotatable bonds is 5. The van der Waals surface area contributed by atoms with Crippen molar-refractivity contribution in [2.45, 2.75) is 20.1 Å². The molecule has 0 radical (unpaired) electrons. The van der Waals surface area contributed by atoms with Crippen molar-refractivity contribution in [2.24, 2.45) is 0 Å². The van der Waals surface area contributed by atoms with E-state index in [9.17, 15) is 14.4 Å². The monoisotopic (exact) mass is 457 g/mol. The first-order chi connectivity index (χ1) is 16.3. The summed E-state index contributed by atoms with van der Waals surface area (Å²) in [7, 11) is 3.43. The molecule has 0 spiro atoms. The van der Waals surface area contributed by atoms with E-state index in [-0.39, 0.29) is 24.3 Å². The third-order valence-corrected chi connectivity index (χ3v) is 5.62. The van der Waals surface area contributed by atoms with Crippen LogP contribution in [-0.2, 0) is 27.5 Å². The molecule has 3 amide bonds. The number of hydrogen-bond acceptors (Lipinski definition) is 4. The third-order valence-electron chi connectivity index (χ3n) is 5.62. The molecule has 0 aliphatic carbocycles. The fourth-order valence-corrected chi connectivity index (χ4v) is 3.95. The topological polar surface area (TPSA) is 79.0 Å². The minimum Gasteiger partial charge on any atom is -0.367 e. The van der Waals surface area contributed by atoms with Gasteiger partial charge >= 0.3 is 0 Å². The van der Waals surface area contributed by atoms with Crippen LogP contribution < -0.4 is 10.2 Å². The fraction of sp³-hybridized carbons (Fsp3) is 0.222. The summed E-state index contributed by atoms with van der Waals surface area (Å²) < 4.78 is 5.65. The number of fused-ring (bicyclic) bond motifs is 1. The Labute approximate surface area is 198 Å². The average molecular weight is 458 g/mol. The van der Waals surface area contributed by atoms with Crippen LogP contribution in [-0.4, -0.2) is 43.3 Å². The van der Waals surface area contributed by atoms with Crippen LogP contribution in [0, 0.1) is 0 Å². The normalized spacial score (nSPS) is 13.1. The molecule has 0 bridgehead atoms. The second-order valence-electron chi connectivity index (χ2n) is 8.47. The molecule has 0 atom stereocenters.